The first-order chi connectivity index (χ1) is 11.5. The Kier molecular flexibility index (Phi) is 5.42. The zero-order chi connectivity index (χ0) is 17.1. The van der Waals surface area contributed by atoms with Gasteiger partial charge in [0, 0.05) is 9.26 Å². The maximum Gasteiger partial charge on any atom is 0.267 e. The summed E-state index contributed by atoms with van der Waals surface area (Å²) in [5, 5.41) is 12.5. The first-order valence-electron chi connectivity index (χ1n) is 7.07. The highest BCUT2D eigenvalue weighted by Crippen LogP contribution is 2.32. The van der Waals surface area contributed by atoms with Crippen LogP contribution < -0.4 is 5.32 Å². The molecule has 1 saturated heterocycles. The van der Waals surface area contributed by atoms with E-state index in [4.69, 9.17) is 12.2 Å². The van der Waals surface area contributed by atoms with Gasteiger partial charge in [0.05, 0.1) is 11.6 Å². The number of carbonyl (C=O) groups excluding carboxylic acids is 1. The first-order valence-corrected chi connectivity index (χ1v) is 9.37. The van der Waals surface area contributed by atoms with Crippen LogP contribution in [-0.4, -0.2) is 26.9 Å². The number of nitrogens with zero attached hydrogens (tertiary/aromatic N) is 1. The summed E-state index contributed by atoms with van der Waals surface area (Å²) < 4.78 is 1.68. The molecule has 2 aromatic carbocycles. The molecule has 0 unspecified atom stereocenters. The Morgan fingerprint density at radius 2 is 1.83 bits per heavy atom. The highest BCUT2D eigenvalue weighted by Gasteiger charge is 2.31. The topological polar surface area (TPSA) is 52.6 Å². The normalized spacial score (nSPS) is 16.0. The number of benzene rings is 2. The van der Waals surface area contributed by atoms with Crippen LogP contribution in [0.5, 0.6) is 5.75 Å². The number of carbonyl (C=O) groups is 1. The average molecular weight is 468 g/mol. The number of thioether (sulfide) groups is 1. The summed E-state index contributed by atoms with van der Waals surface area (Å²) in [7, 11) is 0. The molecule has 1 amide bonds. The molecule has 122 valence electrons. The molecule has 0 aromatic heterocycles. The summed E-state index contributed by atoms with van der Waals surface area (Å²) in [5.41, 5.74) is 1.78. The van der Waals surface area contributed by atoms with Crippen LogP contribution in [0.1, 0.15) is 5.56 Å². The van der Waals surface area contributed by atoms with Gasteiger partial charge in [0.2, 0.25) is 0 Å². The van der Waals surface area contributed by atoms with Gasteiger partial charge in [-0.3, -0.25) is 9.69 Å². The molecule has 1 aliphatic heterocycles. The molecule has 0 radical (unpaired) electrons. The maximum absolute atomic E-state index is 12.5. The van der Waals surface area contributed by atoms with Gasteiger partial charge in [-0.15, -0.1) is 0 Å². The Bertz CT molecular complexity index is 804. The number of rotatable bonds is 4. The van der Waals surface area contributed by atoms with Gasteiger partial charge in [-0.2, -0.15) is 0 Å². The highest BCUT2D eigenvalue weighted by molar-refractivity contribution is 14.1. The van der Waals surface area contributed by atoms with Crippen LogP contribution in [0.15, 0.2) is 53.4 Å². The lowest BCUT2D eigenvalue weighted by Gasteiger charge is -2.16. The van der Waals surface area contributed by atoms with Crippen LogP contribution in [0.4, 0.5) is 5.69 Å². The Morgan fingerprint density at radius 3 is 2.50 bits per heavy atom. The van der Waals surface area contributed by atoms with Gasteiger partial charge in [-0.1, -0.05) is 36.1 Å². The third-order valence-electron chi connectivity index (χ3n) is 3.35. The van der Waals surface area contributed by atoms with Crippen LogP contribution in [0.2, 0.25) is 0 Å². The number of amides is 1. The van der Waals surface area contributed by atoms with Gasteiger partial charge in [0.1, 0.15) is 10.1 Å². The summed E-state index contributed by atoms with van der Waals surface area (Å²) in [6.07, 6.45) is 1.78. The minimum Gasteiger partial charge on any atom is -0.508 e. The number of aromatic hydroxyl groups is 1. The van der Waals surface area contributed by atoms with E-state index in [1.807, 2.05) is 24.3 Å². The van der Waals surface area contributed by atoms with Gasteiger partial charge in [-0.25, -0.2) is 0 Å². The molecule has 3 rings (SSSR count). The minimum atomic E-state index is -0.115. The minimum absolute atomic E-state index is 0.115. The Labute approximate surface area is 163 Å². The van der Waals surface area contributed by atoms with Crippen molar-refractivity contribution < 1.29 is 9.90 Å². The molecule has 0 bridgehead atoms. The van der Waals surface area contributed by atoms with E-state index in [0.29, 0.717) is 15.9 Å². The Hall–Kier alpha value is -1.58. The quantitative estimate of drug-likeness (QED) is 0.399. The first kappa shape index (κ1) is 17.2. The van der Waals surface area contributed by atoms with Crippen molar-refractivity contribution in [1.29, 1.82) is 0 Å². The lowest BCUT2D eigenvalue weighted by molar-refractivity contribution is -0.121. The van der Waals surface area contributed by atoms with E-state index in [-0.39, 0.29) is 11.7 Å². The van der Waals surface area contributed by atoms with Crippen molar-refractivity contribution in [3.63, 3.8) is 0 Å². The fourth-order valence-corrected chi connectivity index (χ4v) is 3.71. The molecule has 2 N–H and O–H groups in total. The van der Waals surface area contributed by atoms with Crippen LogP contribution in [0, 0.1) is 3.57 Å². The highest BCUT2D eigenvalue weighted by atomic mass is 127. The van der Waals surface area contributed by atoms with E-state index < -0.39 is 0 Å². The predicted molar refractivity (Wildman–Crippen MR) is 111 cm³/mol. The smallest absolute Gasteiger partial charge is 0.267 e. The van der Waals surface area contributed by atoms with E-state index in [9.17, 15) is 9.90 Å². The average Bonchev–Trinajstić information content (AvgIpc) is 2.83. The Morgan fingerprint density at radius 1 is 1.17 bits per heavy atom. The third kappa shape index (κ3) is 4.08. The number of hydrogen-bond acceptors (Lipinski definition) is 5. The second-order valence-electron chi connectivity index (χ2n) is 5.04. The molecule has 4 nitrogen and oxygen atoms in total. The van der Waals surface area contributed by atoms with Gasteiger partial charge in [0.25, 0.3) is 5.91 Å². The third-order valence-corrected chi connectivity index (χ3v) is 5.45. The monoisotopic (exact) mass is 468 g/mol. The van der Waals surface area contributed by atoms with E-state index in [1.54, 1.807) is 35.2 Å². The van der Waals surface area contributed by atoms with Crippen LogP contribution in [0.25, 0.3) is 6.08 Å². The Balaban J connectivity index is 1.69. The molecule has 1 fully saturated rings. The van der Waals surface area contributed by atoms with Gasteiger partial charge in [-0.05, 0) is 70.6 Å². The number of anilines is 1. The van der Waals surface area contributed by atoms with E-state index in [2.05, 4.69) is 27.9 Å². The number of hydrogen-bond donors (Lipinski definition) is 2. The van der Waals surface area contributed by atoms with Gasteiger partial charge in [0.15, 0.2) is 0 Å². The molecule has 1 aliphatic rings. The molecule has 0 spiro atoms. The standard InChI is InChI=1S/C17H13IN2O2S2/c18-12-3-5-13(6-4-12)19-10-20-16(22)15(24-17(20)23)9-11-1-7-14(21)8-2-11/h1-9,19,21H,10H2. The van der Waals surface area contributed by atoms with E-state index >= 15 is 0 Å². The maximum atomic E-state index is 12.5. The van der Waals surface area contributed by atoms with Crippen molar-refractivity contribution in [2.24, 2.45) is 0 Å². The van der Waals surface area contributed by atoms with Crippen molar-refractivity contribution in [3.05, 3.63) is 62.6 Å². The van der Waals surface area contributed by atoms with Crippen LogP contribution in [-0.2, 0) is 4.79 Å². The number of thiocarbonyl (C=S) groups is 1. The number of phenolic OH excluding ortho intramolecular Hbond substituents is 1. The van der Waals surface area contributed by atoms with Crippen molar-refractivity contribution in [2.75, 3.05) is 12.0 Å². The number of phenols is 1. The molecular weight excluding hydrogens is 455 g/mol. The number of halogens is 1. The summed E-state index contributed by atoms with van der Waals surface area (Å²) in [6.45, 7) is 0.332. The zero-order valence-electron chi connectivity index (χ0n) is 12.4. The second-order valence-corrected chi connectivity index (χ2v) is 7.96. The molecule has 0 aliphatic carbocycles. The van der Waals surface area contributed by atoms with E-state index in [0.717, 1.165) is 14.8 Å². The molecule has 2 aromatic rings. The fraction of sp³-hybridized carbons (Fsp3) is 0.0588. The lowest BCUT2D eigenvalue weighted by atomic mass is 10.2. The van der Waals surface area contributed by atoms with Gasteiger partial charge < -0.3 is 10.4 Å². The fourth-order valence-electron chi connectivity index (χ4n) is 2.10. The van der Waals surface area contributed by atoms with Crippen molar-refractivity contribution in [3.8, 4) is 5.75 Å². The summed E-state index contributed by atoms with van der Waals surface area (Å²) >= 11 is 8.84. The number of nitrogens with one attached hydrogen (secondary N) is 1. The molecule has 7 heteroatoms. The van der Waals surface area contributed by atoms with Crippen molar-refractivity contribution >= 4 is 68.6 Å². The van der Waals surface area contributed by atoms with E-state index in [1.165, 1.54) is 11.8 Å². The second kappa shape index (κ2) is 7.54. The van der Waals surface area contributed by atoms with Crippen molar-refractivity contribution in [2.45, 2.75) is 0 Å². The summed E-state index contributed by atoms with van der Waals surface area (Å²) in [5.74, 6) is 0.0810. The molecule has 0 atom stereocenters. The molecule has 0 saturated carbocycles. The largest absolute Gasteiger partial charge is 0.508 e. The van der Waals surface area contributed by atoms with Crippen LogP contribution in [0.3, 0.4) is 0 Å². The predicted octanol–water partition coefficient (Wildman–Crippen LogP) is 4.27. The lowest BCUT2D eigenvalue weighted by Crippen LogP contribution is -2.33. The van der Waals surface area contributed by atoms with Crippen LogP contribution >= 0.6 is 46.6 Å². The van der Waals surface area contributed by atoms with Crippen molar-refractivity contribution in [1.82, 2.24) is 4.90 Å². The molecular formula is C17H13IN2O2S2. The molecule has 24 heavy (non-hydrogen) atoms. The summed E-state index contributed by atoms with van der Waals surface area (Å²) in [4.78, 5) is 14.6. The summed E-state index contributed by atoms with van der Waals surface area (Å²) in [6, 6.07) is 14.6. The zero-order valence-corrected chi connectivity index (χ0v) is 16.2. The molecule has 1 heterocycles. The SMILES string of the molecule is O=C1C(=Cc2ccc(O)cc2)SC(=S)N1CNc1ccc(I)cc1. The van der Waals surface area contributed by atoms with Gasteiger partial charge >= 0.3 is 0 Å².